The number of hydrogen-bond donors (Lipinski definition) is 1. The molecule has 1 unspecified atom stereocenters. The van der Waals surface area contributed by atoms with Crippen LogP contribution >= 0.6 is 0 Å². The number of carbonyl (C=O) groups excluding carboxylic acids is 3. The van der Waals surface area contributed by atoms with Gasteiger partial charge in [-0.05, 0) is 56.4 Å². The fourth-order valence-electron chi connectivity index (χ4n) is 5.48. The van der Waals surface area contributed by atoms with Gasteiger partial charge in [0.2, 0.25) is 11.8 Å². The Morgan fingerprint density at radius 3 is 1.97 bits per heavy atom. The zero-order chi connectivity index (χ0) is 27.2. The summed E-state index contributed by atoms with van der Waals surface area (Å²) < 4.78 is 10.7. The first kappa shape index (κ1) is 29.8. The molecule has 2 atom stereocenters. The highest BCUT2D eigenvalue weighted by atomic mass is 16.6. The van der Waals surface area contributed by atoms with E-state index in [9.17, 15) is 14.4 Å². The Morgan fingerprint density at radius 2 is 1.34 bits per heavy atom. The average Bonchev–Trinajstić information content (AvgIpc) is 3.62. The second-order valence-corrected chi connectivity index (χ2v) is 10.6. The summed E-state index contributed by atoms with van der Waals surface area (Å²) in [7, 11) is 1.57. The van der Waals surface area contributed by atoms with Crippen LogP contribution < -0.4 is 14.8 Å². The molecule has 38 heavy (non-hydrogen) atoms. The van der Waals surface area contributed by atoms with Crippen molar-refractivity contribution in [1.82, 2.24) is 15.1 Å². The number of carbonyl (C=O) groups is 3. The first-order chi connectivity index (χ1) is 18.5. The molecule has 2 heterocycles. The number of rotatable bonds is 15. The van der Waals surface area contributed by atoms with Gasteiger partial charge < -0.3 is 19.7 Å². The minimum atomic E-state index is -0.587. The van der Waals surface area contributed by atoms with Crippen molar-refractivity contribution in [1.29, 1.82) is 0 Å². The van der Waals surface area contributed by atoms with E-state index in [2.05, 4.69) is 12.2 Å². The monoisotopic (exact) mass is 529 g/mol. The Kier molecular flexibility index (Phi) is 12.7. The van der Waals surface area contributed by atoms with E-state index in [-0.39, 0.29) is 11.8 Å². The van der Waals surface area contributed by atoms with E-state index in [1.54, 1.807) is 36.3 Å². The van der Waals surface area contributed by atoms with Crippen molar-refractivity contribution >= 4 is 17.9 Å². The summed E-state index contributed by atoms with van der Waals surface area (Å²) in [4.78, 5) is 42.4. The van der Waals surface area contributed by atoms with Gasteiger partial charge in [-0.15, -0.1) is 0 Å². The minimum absolute atomic E-state index is 0.0721. The normalized spacial score (nSPS) is 19.0. The number of ether oxygens (including phenoxy) is 2. The lowest BCUT2D eigenvalue weighted by molar-refractivity contribution is -0.141. The van der Waals surface area contributed by atoms with Crippen LogP contribution in [0, 0.1) is 0 Å². The molecule has 2 saturated heterocycles. The van der Waals surface area contributed by atoms with Crippen LogP contribution in [0.5, 0.6) is 11.5 Å². The van der Waals surface area contributed by atoms with E-state index < -0.39 is 18.2 Å². The second-order valence-electron chi connectivity index (χ2n) is 10.6. The highest BCUT2D eigenvalue weighted by molar-refractivity contribution is 5.92. The van der Waals surface area contributed by atoms with Crippen molar-refractivity contribution < 1.29 is 23.9 Å². The van der Waals surface area contributed by atoms with E-state index >= 15 is 0 Å². The molecule has 212 valence electrons. The highest BCUT2D eigenvalue weighted by Crippen LogP contribution is 2.26. The molecular weight excluding hydrogens is 482 g/mol. The van der Waals surface area contributed by atoms with Crippen LogP contribution in [0.15, 0.2) is 24.3 Å². The first-order valence-electron chi connectivity index (χ1n) is 14.8. The lowest BCUT2D eigenvalue weighted by atomic mass is 10.1. The van der Waals surface area contributed by atoms with E-state index in [0.717, 1.165) is 25.7 Å². The number of unbranched alkanes of at least 4 members (excludes halogenated alkanes) is 9. The topological polar surface area (TPSA) is 88.2 Å². The van der Waals surface area contributed by atoms with Crippen molar-refractivity contribution in [2.24, 2.45) is 0 Å². The van der Waals surface area contributed by atoms with Gasteiger partial charge in [0.1, 0.15) is 23.6 Å². The van der Waals surface area contributed by atoms with Gasteiger partial charge in [0.25, 0.3) is 0 Å². The third kappa shape index (κ3) is 8.91. The lowest BCUT2D eigenvalue weighted by Crippen LogP contribution is -2.53. The van der Waals surface area contributed by atoms with Gasteiger partial charge in [0, 0.05) is 19.6 Å². The summed E-state index contributed by atoms with van der Waals surface area (Å²) in [5, 5.41) is 3.05. The highest BCUT2D eigenvalue weighted by Gasteiger charge is 2.42. The number of methoxy groups -OCH3 is 1. The van der Waals surface area contributed by atoms with Crippen LogP contribution in [-0.4, -0.2) is 66.5 Å². The molecule has 0 saturated carbocycles. The molecule has 0 bridgehead atoms. The molecule has 2 fully saturated rings. The summed E-state index contributed by atoms with van der Waals surface area (Å²) in [6.07, 6.45) is 14.8. The Balaban J connectivity index is 1.39. The number of benzene rings is 1. The molecule has 0 spiro atoms. The van der Waals surface area contributed by atoms with Crippen molar-refractivity contribution in [3.63, 3.8) is 0 Å². The Labute approximate surface area is 228 Å². The largest absolute Gasteiger partial charge is 0.497 e. The van der Waals surface area contributed by atoms with E-state index in [1.807, 2.05) is 0 Å². The molecule has 2 aliphatic heterocycles. The van der Waals surface area contributed by atoms with Gasteiger partial charge in [-0.25, -0.2) is 4.79 Å². The van der Waals surface area contributed by atoms with Crippen molar-refractivity contribution in [3.8, 4) is 11.5 Å². The summed E-state index contributed by atoms with van der Waals surface area (Å²) >= 11 is 0. The maximum absolute atomic E-state index is 13.5. The maximum Gasteiger partial charge on any atom is 0.415 e. The quantitative estimate of drug-likeness (QED) is 0.295. The first-order valence-corrected chi connectivity index (χ1v) is 14.8. The summed E-state index contributed by atoms with van der Waals surface area (Å²) in [5.41, 5.74) is 0. The molecule has 0 aliphatic carbocycles. The summed E-state index contributed by atoms with van der Waals surface area (Å²) in [6.45, 7) is 3.91. The standard InChI is InChI=1S/C30H47N3O5/c1-3-4-5-6-7-8-9-10-11-12-21-31-28(34)26-15-13-22-32(26)29(35)27-16-14-23-33(27)30(36)38-25-19-17-24(37-2)18-20-25/h17-20,26-27H,3-16,21-23H2,1-2H3,(H,31,34)/t26-,27?/m0/s1. The SMILES string of the molecule is CCCCCCCCCCCCNC(=O)[C@@H]1CCCN1C(=O)C1CCCN1C(=O)Oc1ccc(OC)cc1. The molecule has 8 nitrogen and oxygen atoms in total. The maximum atomic E-state index is 13.5. The smallest absolute Gasteiger partial charge is 0.415 e. The predicted octanol–water partition coefficient (Wildman–Crippen LogP) is 5.69. The molecule has 0 aromatic heterocycles. The molecule has 2 aliphatic rings. The number of nitrogens with zero attached hydrogens (tertiary/aromatic N) is 2. The van der Waals surface area contributed by atoms with Crippen LogP contribution in [0.2, 0.25) is 0 Å². The number of hydrogen-bond acceptors (Lipinski definition) is 5. The molecule has 8 heteroatoms. The third-order valence-corrected chi connectivity index (χ3v) is 7.71. The molecule has 1 aromatic carbocycles. The van der Waals surface area contributed by atoms with E-state index in [0.29, 0.717) is 44.0 Å². The van der Waals surface area contributed by atoms with Crippen LogP contribution in [0.4, 0.5) is 4.79 Å². The molecular formula is C30H47N3O5. The Morgan fingerprint density at radius 1 is 0.789 bits per heavy atom. The van der Waals surface area contributed by atoms with Crippen LogP contribution in [0.25, 0.3) is 0 Å². The number of amides is 3. The van der Waals surface area contributed by atoms with Gasteiger partial charge in [-0.2, -0.15) is 0 Å². The minimum Gasteiger partial charge on any atom is -0.497 e. The van der Waals surface area contributed by atoms with Gasteiger partial charge in [0.15, 0.2) is 0 Å². The number of nitrogens with one attached hydrogen (secondary N) is 1. The lowest BCUT2D eigenvalue weighted by Gasteiger charge is -2.30. The zero-order valence-electron chi connectivity index (χ0n) is 23.4. The van der Waals surface area contributed by atoms with E-state index in [1.165, 1.54) is 56.3 Å². The molecule has 1 N–H and O–H groups in total. The van der Waals surface area contributed by atoms with Gasteiger partial charge in [0.05, 0.1) is 7.11 Å². The zero-order valence-corrected chi connectivity index (χ0v) is 23.4. The fourth-order valence-corrected chi connectivity index (χ4v) is 5.48. The average molecular weight is 530 g/mol. The molecule has 1 aromatic rings. The van der Waals surface area contributed by atoms with Gasteiger partial charge >= 0.3 is 6.09 Å². The van der Waals surface area contributed by atoms with E-state index in [4.69, 9.17) is 9.47 Å². The Hall–Kier alpha value is -2.77. The van der Waals surface area contributed by atoms with Crippen LogP contribution in [0.3, 0.4) is 0 Å². The Bertz CT molecular complexity index is 875. The van der Waals surface area contributed by atoms with Crippen LogP contribution in [0.1, 0.15) is 96.8 Å². The van der Waals surface area contributed by atoms with Crippen molar-refractivity contribution in [2.45, 2.75) is 109 Å². The van der Waals surface area contributed by atoms with Crippen LogP contribution in [-0.2, 0) is 9.59 Å². The molecule has 3 rings (SSSR count). The van der Waals surface area contributed by atoms with Crippen molar-refractivity contribution in [3.05, 3.63) is 24.3 Å². The second kappa shape index (κ2) is 16.2. The van der Waals surface area contributed by atoms with Gasteiger partial charge in [-0.3, -0.25) is 14.5 Å². The summed E-state index contributed by atoms with van der Waals surface area (Å²) in [5.74, 6) is 0.854. The molecule has 0 radical (unpaired) electrons. The van der Waals surface area contributed by atoms with Gasteiger partial charge in [-0.1, -0.05) is 64.7 Å². The predicted molar refractivity (Wildman–Crippen MR) is 148 cm³/mol. The third-order valence-electron chi connectivity index (χ3n) is 7.71. The summed E-state index contributed by atoms with van der Waals surface area (Å²) in [6, 6.07) is 5.73. The number of likely N-dealkylation sites (tertiary alicyclic amines) is 2. The fraction of sp³-hybridized carbons (Fsp3) is 0.700. The van der Waals surface area contributed by atoms with Crippen molar-refractivity contribution in [2.75, 3.05) is 26.7 Å². The molecule has 3 amide bonds.